The Labute approximate surface area is 76.1 Å². The second-order valence-corrected chi connectivity index (χ2v) is 2.31. The maximum Gasteiger partial charge on any atom is -0.00848 e. The molecule has 2 rings (SSSR count). The summed E-state index contributed by atoms with van der Waals surface area (Å²) in [5.41, 5.74) is 2.84. The lowest BCUT2D eigenvalue weighted by atomic mass is 10.1. The van der Waals surface area contributed by atoms with Gasteiger partial charge in [0.1, 0.15) is 0 Å². The van der Waals surface area contributed by atoms with E-state index in [1.54, 1.807) is 0 Å². The summed E-state index contributed by atoms with van der Waals surface area (Å²) in [5, 5.41) is 0. The van der Waals surface area contributed by atoms with Gasteiger partial charge >= 0.3 is 0 Å². The van der Waals surface area contributed by atoms with Crippen LogP contribution >= 0.6 is 15.9 Å². The largest absolute Gasteiger partial charge is 0.0966 e. The number of alkyl halides is 1. The number of allylic oxidation sites excluding steroid dienone is 1. The highest BCUT2D eigenvalue weighted by molar-refractivity contribution is 9.08. The van der Waals surface area contributed by atoms with E-state index in [0.29, 0.717) is 0 Å². The lowest BCUT2D eigenvalue weighted by Gasteiger charge is -1.93. The number of hydrogen-bond acceptors (Lipinski definition) is 0. The number of fused-ring (bicyclic) bond motifs is 1. The van der Waals surface area contributed by atoms with E-state index in [1.165, 1.54) is 11.1 Å². The van der Waals surface area contributed by atoms with Crippen LogP contribution in [0.2, 0.25) is 0 Å². The van der Waals surface area contributed by atoms with Crippen LogP contribution in [0.25, 0.3) is 6.08 Å². The summed E-state index contributed by atoms with van der Waals surface area (Å²) in [5.74, 6) is 1.81. The van der Waals surface area contributed by atoms with Crippen molar-refractivity contribution in [2.45, 2.75) is 6.42 Å². The predicted molar refractivity (Wildman–Crippen MR) is 54.0 cm³/mol. The van der Waals surface area contributed by atoms with Crippen LogP contribution in [-0.2, 0) is 6.42 Å². The van der Waals surface area contributed by atoms with Gasteiger partial charge in [0.05, 0.1) is 0 Å². The Hall–Kier alpha value is -0.560. The Balaban J connectivity index is 0.000000281. The van der Waals surface area contributed by atoms with Crippen LogP contribution in [0.4, 0.5) is 0 Å². The van der Waals surface area contributed by atoms with E-state index in [-0.39, 0.29) is 0 Å². The zero-order valence-corrected chi connectivity index (χ0v) is 8.14. The quantitative estimate of drug-likeness (QED) is 0.577. The first-order valence-corrected chi connectivity index (χ1v) is 5.18. The van der Waals surface area contributed by atoms with Crippen LogP contribution in [0.3, 0.4) is 0 Å². The van der Waals surface area contributed by atoms with E-state index in [2.05, 4.69) is 52.3 Å². The zero-order valence-electron chi connectivity index (χ0n) is 6.55. The average molecular weight is 211 g/mol. The molecule has 1 aromatic carbocycles. The van der Waals surface area contributed by atoms with Crippen molar-refractivity contribution in [3.05, 3.63) is 41.5 Å². The molecule has 58 valence electrons. The molecule has 0 radical (unpaired) electrons. The van der Waals surface area contributed by atoms with Crippen molar-refractivity contribution < 1.29 is 0 Å². The molecule has 1 aromatic rings. The molecule has 0 atom stereocenters. The summed E-state index contributed by atoms with van der Waals surface area (Å²) in [4.78, 5) is 0. The van der Waals surface area contributed by atoms with Crippen LogP contribution in [-0.4, -0.2) is 5.83 Å². The van der Waals surface area contributed by atoms with Crippen molar-refractivity contribution in [1.82, 2.24) is 0 Å². The van der Waals surface area contributed by atoms with E-state index in [4.69, 9.17) is 0 Å². The minimum Gasteiger partial charge on any atom is -0.0966 e. The smallest absolute Gasteiger partial charge is 0.00848 e. The van der Waals surface area contributed by atoms with Gasteiger partial charge in [0.15, 0.2) is 0 Å². The fraction of sp³-hybridized carbons (Fsp3) is 0.200. The first-order valence-electron chi connectivity index (χ1n) is 3.59. The zero-order chi connectivity index (χ0) is 8.10. The lowest BCUT2D eigenvalue weighted by molar-refractivity contribution is 1.31. The molecule has 11 heavy (non-hydrogen) atoms. The van der Waals surface area contributed by atoms with Crippen molar-refractivity contribution in [1.29, 1.82) is 0 Å². The van der Waals surface area contributed by atoms with E-state index in [9.17, 15) is 0 Å². The highest BCUT2D eigenvalue weighted by Gasteiger charge is 2.00. The number of benzene rings is 1. The predicted octanol–water partition coefficient (Wildman–Crippen LogP) is 3.27. The number of hydrogen-bond donors (Lipinski definition) is 0. The van der Waals surface area contributed by atoms with Gasteiger partial charge in [-0.15, -0.1) is 0 Å². The summed E-state index contributed by atoms with van der Waals surface area (Å²) in [6.07, 6.45) is 5.50. The summed E-state index contributed by atoms with van der Waals surface area (Å²) >= 11 is 2.94. The van der Waals surface area contributed by atoms with Gasteiger partial charge in [-0.05, 0) is 23.4 Å². The summed E-state index contributed by atoms with van der Waals surface area (Å²) < 4.78 is 0. The molecular formula is C10H11Br. The highest BCUT2D eigenvalue weighted by atomic mass is 79.9. The Morgan fingerprint density at radius 1 is 1.18 bits per heavy atom. The molecule has 0 saturated heterocycles. The normalized spacial score (nSPS) is 11.8. The molecule has 0 amide bonds. The molecule has 0 bridgehead atoms. The van der Waals surface area contributed by atoms with Gasteiger partial charge in [-0.2, -0.15) is 0 Å². The van der Waals surface area contributed by atoms with Crippen molar-refractivity contribution in [3.8, 4) is 0 Å². The molecule has 0 nitrogen and oxygen atoms in total. The standard InChI is InChI=1S/C9H8.CH3Br/c1-2-5-9-7-3-6-8(9)4-1;1-2/h1-6H,7H2;1H3. The van der Waals surface area contributed by atoms with Gasteiger partial charge in [-0.3, -0.25) is 0 Å². The monoisotopic (exact) mass is 210 g/mol. The molecule has 0 fully saturated rings. The molecule has 1 aliphatic rings. The van der Waals surface area contributed by atoms with Crippen LogP contribution in [0.1, 0.15) is 11.1 Å². The van der Waals surface area contributed by atoms with Crippen molar-refractivity contribution in [3.63, 3.8) is 0 Å². The topological polar surface area (TPSA) is 0 Å². The van der Waals surface area contributed by atoms with Crippen molar-refractivity contribution >= 4 is 22.0 Å². The fourth-order valence-electron chi connectivity index (χ4n) is 1.20. The molecule has 1 heteroatoms. The highest BCUT2D eigenvalue weighted by Crippen LogP contribution is 2.17. The Kier molecular flexibility index (Phi) is 3.37. The fourth-order valence-corrected chi connectivity index (χ4v) is 1.20. The third kappa shape index (κ3) is 1.93. The second-order valence-electron chi connectivity index (χ2n) is 2.31. The molecule has 0 N–H and O–H groups in total. The van der Waals surface area contributed by atoms with Gasteiger partial charge in [0.25, 0.3) is 0 Å². The Morgan fingerprint density at radius 3 is 2.64 bits per heavy atom. The minimum absolute atomic E-state index is 1.12. The summed E-state index contributed by atoms with van der Waals surface area (Å²) in [6, 6.07) is 8.49. The lowest BCUT2D eigenvalue weighted by Crippen LogP contribution is -1.76. The molecule has 0 aromatic heterocycles. The third-order valence-corrected chi connectivity index (χ3v) is 1.69. The van der Waals surface area contributed by atoms with Crippen molar-refractivity contribution in [2.75, 3.05) is 5.83 Å². The van der Waals surface area contributed by atoms with Gasteiger partial charge < -0.3 is 0 Å². The van der Waals surface area contributed by atoms with Gasteiger partial charge in [-0.1, -0.05) is 52.3 Å². The maximum atomic E-state index is 2.94. The van der Waals surface area contributed by atoms with Crippen molar-refractivity contribution in [2.24, 2.45) is 0 Å². The van der Waals surface area contributed by atoms with Gasteiger partial charge in [-0.25, -0.2) is 0 Å². The Morgan fingerprint density at radius 2 is 1.91 bits per heavy atom. The van der Waals surface area contributed by atoms with Crippen LogP contribution in [0.5, 0.6) is 0 Å². The molecular weight excluding hydrogens is 200 g/mol. The van der Waals surface area contributed by atoms with E-state index in [1.807, 2.05) is 5.83 Å². The molecule has 0 heterocycles. The average Bonchev–Trinajstić information content (AvgIpc) is 2.55. The number of rotatable bonds is 0. The van der Waals surface area contributed by atoms with Crippen LogP contribution < -0.4 is 0 Å². The molecule has 0 aliphatic heterocycles. The van der Waals surface area contributed by atoms with Gasteiger partial charge in [0.2, 0.25) is 0 Å². The molecule has 1 aliphatic carbocycles. The molecule has 0 saturated carbocycles. The van der Waals surface area contributed by atoms with Gasteiger partial charge in [0, 0.05) is 0 Å². The number of halogens is 1. The second kappa shape index (κ2) is 4.35. The van der Waals surface area contributed by atoms with E-state index >= 15 is 0 Å². The van der Waals surface area contributed by atoms with E-state index < -0.39 is 0 Å². The SMILES string of the molecule is C1=Cc2ccccc2C1.CBr. The van der Waals surface area contributed by atoms with E-state index in [0.717, 1.165) is 6.42 Å². The summed E-state index contributed by atoms with van der Waals surface area (Å²) in [7, 11) is 0. The first-order chi connectivity index (χ1) is 5.47. The van der Waals surface area contributed by atoms with Crippen LogP contribution in [0.15, 0.2) is 30.3 Å². The summed E-state index contributed by atoms with van der Waals surface area (Å²) in [6.45, 7) is 0. The maximum absolute atomic E-state index is 2.94. The Bertz CT molecular complexity index is 251. The van der Waals surface area contributed by atoms with Crippen LogP contribution in [0, 0.1) is 0 Å². The molecule has 0 spiro atoms. The molecule has 0 unspecified atom stereocenters. The minimum atomic E-state index is 1.12. The third-order valence-electron chi connectivity index (χ3n) is 1.69. The first kappa shape index (κ1) is 8.54.